The van der Waals surface area contributed by atoms with Crippen LogP contribution in [-0.4, -0.2) is 51.6 Å². The van der Waals surface area contributed by atoms with Crippen molar-refractivity contribution in [3.05, 3.63) is 52.5 Å². The Labute approximate surface area is 235 Å². The smallest absolute Gasteiger partial charge is 0.348 e. The first-order valence-electron chi connectivity index (χ1n) is 13.4. The average molecular weight is 561 g/mol. The second kappa shape index (κ2) is 14.0. The number of aromatic nitrogens is 1. The minimum atomic E-state index is -2.22. The van der Waals surface area contributed by atoms with Crippen molar-refractivity contribution in [2.75, 3.05) is 0 Å². The van der Waals surface area contributed by atoms with E-state index in [1.807, 2.05) is 58.0 Å². The molecule has 2 unspecified atom stereocenters. The molecular weight excluding hydrogens is 516 g/mol. The molecule has 0 saturated heterocycles. The molecule has 2 rings (SSSR count). The molecule has 0 bridgehead atoms. The highest BCUT2D eigenvalue weighted by Crippen LogP contribution is 2.33. The zero-order chi connectivity index (χ0) is 29.4. The predicted octanol–water partition coefficient (Wildman–Crippen LogP) is 3.30. The number of hydrogen-bond donors (Lipinski definition) is 4. The Kier molecular flexibility index (Phi) is 11.6. The standard InChI is InChI=1S/C29H44N4O5S/c1-18(2)15-22(32-24(34)21(30)17-20-11-9-8-10-12-20)25(35)33-23(16-19(3)4)29(37,26-31-13-14-39-26)27(36)38-28(5,6)7/h8-14,18-19,21-23,37H,15-17,30H2,1-7H3,(H,32,34)(H,33,35)/t21?,22?,23-,29-/m0/s1. The Morgan fingerprint density at radius 2 is 1.62 bits per heavy atom. The number of benzene rings is 1. The van der Waals surface area contributed by atoms with Crippen LogP contribution in [0.2, 0.25) is 0 Å². The maximum atomic E-state index is 13.7. The molecule has 1 heterocycles. The van der Waals surface area contributed by atoms with Gasteiger partial charge in [0.1, 0.15) is 16.7 Å². The van der Waals surface area contributed by atoms with Crippen LogP contribution in [-0.2, 0) is 31.1 Å². The molecule has 39 heavy (non-hydrogen) atoms. The highest BCUT2D eigenvalue weighted by Gasteiger charge is 2.51. The number of amides is 2. The van der Waals surface area contributed by atoms with E-state index in [9.17, 15) is 19.5 Å². The van der Waals surface area contributed by atoms with E-state index in [1.54, 1.807) is 26.2 Å². The zero-order valence-electron chi connectivity index (χ0n) is 24.1. The molecule has 0 aliphatic rings. The van der Waals surface area contributed by atoms with Crippen molar-refractivity contribution < 1.29 is 24.2 Å². The third-order valence-electron chi connectivity index (χ3n) is 5.97. The van der Waals surface area contributed by atoms with Crippen molar-refractivity contribution >= 4 is 29.1 Å². The van der Waals surface area contributed by atoms with E-state index < -0.39 is 47.1 Å². The van der Waals surface area contributed by atoms with Crippen molar-refractivity contribution in [2.24, 2.45) is 17.6 Å². The van der Waals surface area contributed by atoms with Crippen LogP contribution in [0.1, 0.15) is 71.9 Å². The molecule has 2 amide bonds. The number of rotatable bonds is 13. The van der Waals surface area contributed by atoms with Gasteiger partial charge in [-0.05, 0) is 57.4 Å². The van der Waals surface area contributed by atoms with E-state index in [2.05, 4.69) is 15.6 Å². The second-order valence-electron chi connectivity index (χ2n) is 11.8. The number of nitrogens with two attached hydrogens (primary N) is 1. The molecule has 2 aromatic rings. The molecule has 216 valence electrons. The SMILES string of the molecule is CC(C)CC(NC(=O)C(N)Cc1ccccc1)C(=O)N[C@@H](CC(C)C)[C@@](O)(C(=O)OC(C)(C)C)c1nccs1. The Balaban J connectivity index is 2.34. The number of aliphatic hydroxyl groups is 1. The maximum Gasteiger partial charge on any atom is 0.348 e. The molecule has 1 aromatic heterocycles. The van der Waals surface area contributed by atoms with Gasteiger partial charge in [0.2, 0.25) is 17.4 Å². The minimum absolute atomic E-state index is 0.00154. The molecule has 0 radical (unpaired) electrons. The summed E-state index contributed by atoms with van der Waals surface area (Å²) >= 11 is 1.10. The van der Waals surface area contributed by atoms with Crippen molar-refractivity contribution in [2.45, 2.75) is 97.1 Å². The summed E-state index contributed by atoms with van der Waals surface area (Å²) in [6, 6.07) is 6.57. The maximum absolute atomic E-state index is 13.7. The predicted molar refractivity (Wildman–Crippen MR) is 153 cm³/mol. The summed E-state index contributed by atoms with van der Waals surface area (Å²) < 4.78 is 5.59. The van der Waals surface area contributed by atoms with Gasteiger partial charge >= 0.3 is 5.97 Å². The lowest BCUT2D eigenvalue weighted by Gasteiger charge is -2.37. The molecule has 4 atom stereocenters. The van der Waals surface area contributed by atoms with Crippen LogP contribution < -0.4 is 16.4 Å². The summed E-state index contributed by atoms with van der Waals surface area (Å²) in [5, 5.41) is 19.3. The fourth-order valence-electron chi connectivity index (χ4n) is 4.17. The monoisotopic (exact) mass is 560 g/mol. The minimum Gasteiger partial charge on any atom is -0.457 e. The Hall–Kier alpha value is -2.82. The normalized spacial score (nSPS) is 15.8. The molecule has 0 aliphatic carbocycles. The van der Waals surface area contributed by atoms with Crippen LogP contribution in [0.15, 0.2) is 41.9 Å². The number of esters is 1. The van der Waals surface area contributed by atoms with E-state index in [1.165, 1.54) is 6.20 Å². The van der Waals surface area contributed by atoms with Gasteiger partial charge in [0.25, 0.3) is 0 Å². The number of nitrogens with one attached hydrogen (secondary N) is 2. The number of hydrogen-bond acceptors (Lipinski definition) is 8. The van der Waals surface area contributed by atoms with Gasteiger partial charge in [-0.25, -0.2) is 9.78 Å². The van der Waals surface area contributed by atoms with Crippen molar-refractivity contribution in [1.29, 1.82) is 0 Å². The zero-order valence-corrected chi connectivity index (χ0v) is 24.9. The van der Waals surface area contributed by atoms with Gasteiger partial charge in [-0.2, -0.15) is 0 Å². The van der Waals surface area contributed by atoms with Gasteiger partial charge < -0.3 is 26.2 Å². The Bertz CT molecular complexity index is 1070. The fourth-order valence-corrected chi connectivity index (χ4v) is 4.94. The first-order valence-corrected chi connectivity index (χ1v) is 14.3. The number of carbonyl (C=O) groups excluding carboxylic acids is 3. The summed E-state index contributed by atoms with van der Waals surface area (Å²) in [5.74, 6) is -1.80. The van der Waals surface area contributed by atoms with Crippen LogP contribution in [0.4, 0.5) is 0 Å². The van der Waals surface area contributed by atoms with Crippen LogP contribution in [0.5, 0.6) is 0 Å². The number of carbonyl (C=O) groups is 3. The first kappa shape index (κ1) is 32.4. The van der Waals surface area contributed by atoms with Crippen molar-refractivity contribution in [3.8, 4) is 0 Å². The van der Waals surface area contributed by atoms with Gasteiger partial charge in [0.05, 0.1) is 12.1 Å². The van der Waals surface area contributed by atoms with Gasteiger partial charge in [-0.3, -0.25) is 9.59 Å². The summed E-state index contributed by atoms with van der Waals surface area (Å²) in [4.78, 5) is 44.3. The molecule has 0 spiro atoms. The Morgan fingerprint density at radius 1 is 1.00 bits per heavy atom. The lowest BCUT2D eigenvalue weighted by molar-refractivity contribution is -0.183. The lowest BCUT2D eigenvalue weighted by atomic mass is 9.87. The van der Waals surface area contributed by atoms with E-state index in [0.29, 0.717) is 12.8 Å². The van der Waals surface area contributed by atoms with Crippen molar-refractivity contribution in [3.63, 3.8) is 0 Å². The van der Waals surface area contributed by atoms with Crippen LogP contribution >= 0.6 is 11.3 Å². The first-order chi connectivity index (χ1) is 18.1. The molecule has 0 aliphatic heterocycles. The highest BCUT2D eigenvalue weighted by atomic mass is 32.1. The molecule has 1 aromatic carbocycles. The number of nitrogens with zero attached hydrogens (tertiary/aromatic N) is 1. The third kappa shape index (κ3) is 9.70. The summed E-state index contributed by atoms with van der Waals surface area (Å²) in [6.45, 7) is 12.8. The summed E-state index contributed by atoms with van der Waals surface area (Å²) in [6.07, 6.45) is 2.41. The van der Waals surface area contributed by atoms with Crippen LogP contribution in [0.3, 0.4) is 0 Å². The quantitative estimate of drug-likeness (QED) is 0.275. The Morgan fingerprint density at radius 3 is 2.13 bits per heavy atom. The molecule has 9 nitrogen and oxygen atoms in total. The molecule has 10 heteroatoms. The van der Waals surface area contributed by atoms with E-state index in [0.717, 1.165) is 16.9 Å². The van der Waals surface area contributed by atoms with Crippen molar-refractivity contribution in [1.82, 2.24) is 15.6 Å². The van der Waals surface area contributed by atoms with Crippen LogP contribution in [0.25, 0.3) is 0 Å². The topological polar surface area (TPSA) is 144 Å². The summed E-state index contributed by atoms with van der Waals surface area (Å²) in [5.41, 5.74) is 3.98. The molecule has 0 saturated carbocycles. The van der Waals surface area contributed by atoms with Gasteiger partial charge in [-0.1, -0.05) is 58.0 Å². The number of ether oxygens (including phenoxy) is 1. The molecule has 5 N–H and O–H groups in total. The highest BCUT2D eigenvalue weighted by molar-refractivity contribution is 7.09. The fraction of sp³-hybridized carbons (Fsp3) is 0.586. The van der Waals surface area contributed by atoms with E-state index in [4.69, 9.17) is 10.5 Å². The third-order valence-corrected chi connectivity index (χ3v) is 6.87. The second-order valence-corrected chi connectivity index (χ2v) is 12.7. The van der Waals surface area contributed by atoms with Gasteiger partial charge in [-0.15, -0.1) is 11.3 Å². The molecule has 0 fully saturated rings. The summed E-state index contributed by atoms with van der Waals surface area (Å²) in [7, 11) is 0. The average Bonchev–Trinajstić information content (AvgIpc) is 3.37. The van der Waals surface area contributed by atoms with E-state index in [-0.39, 0.29) is 23.3 Å². The number of thiazole rings is 1. The lowest BCUT2D eigenvalue weighted by Crippen LogP contribution is -2.61. The van der Waals surface area contributed by atoms with E-state index >= 15 is 0 Å². The largest absolute Gasteiger partial charge is 0.457 e. The molecular formula is C29H44N4O5S. The van der Waals surface area contributed by atoms with Crippen LogP contribution in [0, 0.1) is 11.8 Å². The van der Waals surface area contributed by atoms with Gasteiger partial charge in [0.15, 0.2) is 0 Å². The van der Waals surface area contributed by atoms with Gasteiger partial charge in [0, 0.05) is 11.6 Å².